The molecule has 2 fully saturated rings. The predicted octanol–water partition coefficient (Wildman–Crippen LogP) is 1.52. The Kier molecular flexibility index (Phi) is 3.78. The topological polar surface area (TPSA) is 58.6 Å². The number of anilines is 1. The van der Waals surface area contributed by atoms with Crippen LogP contribution in [-0.4, -0.2) is 31.7 Å². The largest absolute Gasteiger partial charge is 0.447 e. The van der Waals surface area contributed by atoms with Crippen molar-refractivity contribution in [1.82, 2.24) is 5.32 Å². The number of nitrogens with one attached hydrogen (secondary N) is 1. The highest BCUT2D eigenvalue weighted by Crippen LogP contribution is 2.28. The van der Waals surface area contributed by atoms with Crippen LogP contribution in [0.15, 0.2) is 24.3 Å². The van der Waals surface area contributed by atoms with Crippen molar-refractivity contribution in [2.45, 2.75) is 12.8 Å². The minimum absolute atomic E-state index is 0.104. The first-order chi connectivity index (χ1) is 10.2. The lowest BCUT2D eigenvalue weighted by molar-refractivity contribution is -0.122. The zero-order chi connectivity index (χ0) is 14.7. The summed E-state index contributed by atoms with van der Waals surface area (Å²) in [6.45, 7) is 1.38. The molecule has 0 bridgehead atoms. The molecule has 0 atom stereocenters. The van der Waals surface area contributed by atoms with E-state index in [0.717, 1.165) is 24.1 Å². The Bertz CT molecular complexity index is 609. The summed E-state index contributed by atoms with van der Waals surface area (Å²) < 4.78 is 4.90. The summed E-state index contributed by atoms with van der Waals surface area (Å²) in [7, 11) is 0. The number of cyclic esters (lactones) is 1. The number of nitrogens with zero attached hydrogens (tertiary/aromatic N) is 1. The number of rotatable bonds is 3. The van der Waals surface area contributed by atoms with Crippen LogP contribution in [0.4, 0.5) is 10.5 Å². The number of benzene rings is 1. The first-order valence-electron chi connectivity index (χ1n) is 7.05. The monoisotopic (exact) mass is 284 g/mol. The van der Waals surface area contributed by atoms with E-state index in [1.807, 2.05) is 24.3 Å². The lowest BCUT2D eigenvalue weighted by Gasteiger charge is -2.11. The molecule has 1 N–H and O–H groups in total. The second-order valence-corrected chi connectivity index (χ2v) is 5.11. The maximum atomic E-state index is 11.4. The lowest BCUT2D eigenvalue weighted by Crippen LogP contribution is -2.24. The zero-order valence-corrected chi connectivity index (χ0v) is 11.6. The summed E-state index contributed by atoms with van der Waals surface area (Å²) in [6, 6.07) is 7.41. The van der Waals surface area contributed by atoms with Crippen molar-refractivity contribution in [2.75, 3.05) is 24.6 Å². The van der Waals surface area contributed by atoms with Gasteiger partial charge in [0.05, 0.1) is 13.1 Å². The molecule has 1 aromatic carbocycles. The predicted molar refractivity (Wildman–Crippen MR) is 77.7 cm³/mol. The molecule has 1 aromatic rings. The van der Waals surface area contributed by atoms with Crippen molar-refractivity contribution in [3.8, 4) is 11.8 Å². The van der Waals surface area contributed by atoms with E-state index in [1.54, 1.807) is 4.90 Å². The normalized spacial score (nSPS) is 17.0. The summed E-state index contributed by atoms with van der Waals surface area (Å²) in [4.78, 5) is 24.4. The first kappa shape index (κ1) is 13.5. The SMILES string of the molecule is O=C(NCC#Cc1ccc(N2CCOC2=O)cc1)C1CC1. The van der Waals surface area contributed by atoms with E-state index in [1.165, 1.54) is 0 Å². The Hall–Kier alpha value is -2.48. The van der Waals surface area contributed by atoms with Gasteiger partial charge in [0.2, 0.25) is 5.91 Å². The minimum Gasteiger partial charge on any atom is -0.447 e. The van der Waals surface area contributed by atoms with E-state index in [2.05, 4.69) is 17.2 Å². The van der Waals surface area contributed by atoms with Gasteiger partial charge in [-0.15, -0.1) is 0 Å². The summed E-state index contributed by atoms with van der Waals surface area (Å²) in [5, 5.41) is 2.79. The van der Waals surface area contributed by atoms with Crippen LogP contribution in [0.5, 0.6) is 0 Å². The highest BCUT2D eigenvalue weighted by Gasteiger charge is 2.28. The second-order valence-electron chi connectivity index (χ2n) is 5.11. The van der Waals surface area contributed by atoms with E-state index in [4.69, 9.17) is 4.74 Å². The number of carbonyl (C=O) groups excluding carboxylic acids is 2. The van der Waals surface area contributed by atoms with Gasteiger partial charge in [-0.3, -0.25) is 9.69 Å². The molecular weight excluding hydrogens is 268 g/mol. The van der Waals surface area contributed by atoms with Crippen LogP contribution in [0, 0.1) is 17.8 Å². The molecule has 1 aliphatic heterocycles. The van der Waals surface area contributed by atoms with E-state index < -0.39 is 0 Å². The van der Waals surface area contributed by atoms with E-state index >= 15 is 0 Å². The molecular formula is C16H16N2O3. The van der Waals surface area contributed by atoms with Crippen LogP contribution in [-0.2, 0) is 9.53 Å². The smallest absolute Gasteiger partial charge is 0.414 e. The third-order valence-corrected chi connectivity index (χ3v) is 3.47. The minimum atomic E-state index is -0.309. The number of carbonyl (C=O) groups is 2. The summed E-state index contributed by atoms with van der Waals surface area (Å²) in [6.07, 6.45) is 1.69. The van der Waals surface area contributed by atoms with Crippen LogP contribution in [0.25, 0.3) is 0 Å². The van der Waals surface area contributed by atoms with Gasteiger partial charge in [-0.25, -0.2) is 4.79 Å². The van der Waals surface area contributed by atoms with E-state index in [9.17, 15) is 9.59 Å². The molecule has 2 aliphatic rings. The Morgan fingerprint density at radius 2 is 2.10 bits per heavy atom. The van der Waals surface area contributed by atoms with Crippen molar-refractivity contribution < 1.29 is 14.3 Å². The molecule has 2 amide bonds. The molecule has 1 aliphatic carbocycles. The molecule has 21 heavy (non-hydrogen) atoms. The summed E-state index contributed by atoms with van der Waals surface area (Å²) >= 11 is 0. The molecule has 0 aromatic heterocycles. The van der Waals surface area contributed by atoms with Crippen LogP contribution >= 0.6 is 0 Å². The molecule has 1 heterocycles. The average Bonchev–Trinajstić information content (AvgIpc) is 3.26. The van der Waals surface area contributed by atoms with Gasteiger partial charge < -0.3 is 10.1 Å². The first-order valence-corrected chi connectivity index (χ1v) is 7.05. The van der Waals surface area contributed by atoms with Crippen LogP contribution < -0.4 is 10.2 Å². The van der Waals surface area contributed by atoms with Crippen molar-refractivity contribution >= 4 is 17.7 Å². The zero-order valence-electron chi connectivity index (χ0n) is 11.6. The average molecular weight is 284 g/mol. The van der Waals surface area contributed by atoms with Gasteiger partial charge in [0.15, 0.2) is 0 Å². The van der Waals surface area contributed by atoms with Crippen LogP contribution in [0.1, 0.15) is 18.4 Å². The Labute approximate surface area is 123 Å². The third-order valence-electron chi connectivity index (χ3n) is 3.47. The van der Waals surface area contributed by atoms with Crippen molar-refractivity contribution in [1.29, 1.82) is 0 Å². The molecule has 0 spiro atoms. The molecule has 5 heteroatoms. The number of amides is 2. The maximum Gasteiger partial charge on any atom is 0.414 e. The van der Waals surface area contributed by atoms with E-state index in [-0.39, 0.29) is 17.9 Å². The summed E-state index contributed by atoms with van der Waals surface area (Å²) in [5.74, 6) is 6.23. The lowest BCUT2D eigenvalue weighted by atomic mass is 10.2. The molecule has 0 radical (unpaired) electrons. The second kappa shape index (κ2) is 5.88. The Morgan fingerprint density at radius 3 is 2.71 bits per heavy atom. The van der Waals surface area contributed by atoms with Crippen molar-refractivity contribution in [2.24, 2.45) is 5.92 Å². The van der Waals surface area contributed by atoms with Crippen LogP contribution in [0.3, 0.4) is 0 Å². The molecule has 0 unspecified atom stereocenters. The van der Waals surface area contributed by atoms with Gasteiger partial charge in [0, 0.05) is 17.2 Å². The summed E-state index contributed by atoms with van der Waals surface area (Å²) in [5.41, 5.74) is 1.66. The fourth-order valence-electron chi connectivity index (χ4n) is 2.12. The fourth-order valence-corrected chi connectivity index (χ4v) is 2.12. The molecule has 108 valence electrons. The molecule has 1 saturated carbocycles. The van der Waals surface area contributed by atoms with Gasteiger partial charge in [-0.05, 0) is 37.1 Å². The van der Waals surface area contributed by atoms with Gasteiger partial charge in [-0.2, -0.15) is 0 Å². The highest BCUT2D eigenvalue weighted by atomic mass is 16.6. The number of hydrogen-bond donors (Lipinski definition) is 1. The van der Waals surface area contributed by atoms with Crippen LogP contribution in [0.2, 0.25) is 0 Å². The van der Waals surface area contributed by atoms with Gasteiger partial charge >= 0.3 is 6.09 Å². The maximum absolute atomic E-state index is 11.4. The van der Waals surface area contributed by atoms with Gasteiger partial charge in [0.1, 0.15) is 6.61 Å². The Morgan fingerprint density at radius 1 is 1.33 bits per heavy atom. The van der Waals surface area contributed by atoms with E-state index in [0.29, 0.717) is 19.7 Å². The standard InChI is InChI=1S/C16H16N2O3/c19-15(13-5-6-13)17-9-1-2-12-3-7-14(8-4-12)18-10-11-21-16(18)20/h3-4,7-8,13H,5-6,9-11H2,(H,17,19). The number of hydrogen-bond acceptors (Lipinski definition) is 3. The van der Waals surface area contributed by atoms with Gasteiger partial charge in [0.25, 0.3) is 0 Å². The van der Waals surface area contributed by atoms with Crippen molar-refractivity contribution in [3.63, 3.8) is 0 Å². The van der Waals surface area contributed by atoms with Crippen molar-refractivity contribution in [3.05, 3.63) is 29.8 Å². The third kappa shape index (κ3) is 3.34. The van der Waals surface area contributed by atoms with Gasteiger partial charge in [-0.1, -0.05) is 11.8 Å². The molecule has 1 saturated heterocycles. The number of ether oxygens (including phenoxy) is 1. The quantitative estimate of drug-likeness (QED) is 0.856. The highest BCUT2D eigenvalue weighted by molar-refractivity contribution is 5.89. The Balaban J connectivity index is 1.54. The molecule has 3 rings (SSSR count). The molecule has 5 nitrogen and oxygen atoms in total. The fraction of sp³-hybridized carbons (Fsp3) is 0.375.